The molecule has 1 aliphatic carbocycles. The summed E-state index contributed by atoms with van der Waals surface area (Å²) in [4.78, 5) is 4.74. The molecule has 3 nitrogen and oxygen atoms in total. The van der Waals surface area contributed by atoms with E-state index in [1.807, 2.05) is 6.92 Å². The molecule has 0 spiro atoms. The number of nitrogens with zero attached hydrogens (tertiary/aromatic N) is 1. The molecule has 0 amide bonds. The average molecular weight is 273 g/mol. The van der Waals surface area contributed by atoms with Crippen molar-refractivity contribution >= 4 is 12.7 Å². The van der Waals surface area contributed by atoms with Crippen LogP contribution in [0, 0.1) is 6.92 Å². The van der Waals surface area contributed by atoms with Gasteiger partial charge in [-0.1, -0.05) is 12.5 Å². The number of hydrogen-bond donors (Lipinski definition) is 0. The molecule has 3 rings (SSSR count). The van der Waals surface area contributed by atoms with Gasteiger partial charge in [-0.25, -0.2) is 0 Å². The third kappa shape index (κ3) is 2.19. The third-order valence-electron chi connectivity index (χ3n) is 5.12. The highest BCUT2D eigenvalue weighted by Gasteiger charge is 2.53. The lowest BCUT2D eigenvalue weighted by Gasteiger charge is -2.32. The van der Waals surface area contributed by atoms with Crippen molar-refractivity contribution in [2.24, 2.45) is 0 Å². The van der Waals surface area contributed by atoms with Gasteiger partial charge in [0.2, 0.25) is 0 Å². The molecule has 1 saturated heterocycles. The highest BCUT2D eigenvalue weighted by atomic mass is 16.7. The monoisotopic (exact) mass is 273 g/mol. The van der Waals surface area contributed by atoms with Crippen molar-refractivity contribution in [3.8, 4) is 0 Å². The molecular formula is C16H24BNO2. The van der Waals surface area contributed by atoms with Crippen molar-refractivity contribution in [3.63, 3.8) is 0 Å². The molecule has 0 atom stereocenters. The van der Waals surface area contributed by atoms with Gasteiger partial charge in [0, 0.05) is 5.69 Å². The minimum atomic E-state index is -0.338. The highest BCUT2D eigenvalue weighted by Crippen LogP contribution is 2.39. The van der Waals surface area contributed by atoms with E-state index in [4.69, 9.17) is 14.3 Å². The van der Waals surface area contributed by atoms with E-state index in [0.29, 0.717) is 5.92 Å². The molecule has 0 aromatic carbocycles. The molecule has 4 heteroatoms. The van der Waals surface area contributed by atoms with Crippen LogP contribution < -0.4 is 5.59 Å². The molecule has 1 aromatic rings. The molecule has 2 fully saturated rings. The predicted octanol–water partition coefficient (Wildman–Crippen LogP) is 2.96. The van der Waals surface area contributed by atoms with Crippen molar-refractivity contribution in [1.82, 2.24) is 4.98 Å². The van der Waals surface area contributed by atoms with E-state index in [0.717, 1.165) is 11.3 Å². The van der Waals surface area contributed by atoms with Crippen LogP contribution in [0.5, 0.6) is 0 Å². The summed E-state index contributed by atoms with van der Waals surface area (Å²) in [5, 5.41) is 0. The Labute approximate surface area is 122 Å². The van der Waals surface area contributed by atoms with Gasteiger partial charge in [-0.2, -0.15) is 0 Å². The molecule has 2 aliphatic rings. The maximum absolute atomic E-state index is 6.18. The summed E-state index contributed by atoms with van der Waals surface area (Å²) in [6, 6.07) is 4.31. The minimum Gasteiger partial charge on any atom is -0.398 e. The zero-order valence-electron chi connectivity index (χ0n) is 13.2. The molecule has 0 N–H and O–H groups in total. The SMILES string of the molecule is Cc1ccc(C2CCC2)c(B2OC(C)(C)C(C)(C)O2)n1. The van der Waals surface area contributed by atoms with Crippen LogP contribution in [0.25, 0.3) is 0 Å². The normalized spacial score (nSPS) is 24.8. The van der Waals surface area contributed by atoms with Gasteiger partial charge in [0.1, 0.15) is 0 Å². The van der Waals surface area contributed by atoms with Crippen LogP contribution in [-0.4, -0.2) is 23.3 Å². The molecule has 0 bridgehead atoms. The Bertz CT molecular complexity index is 507. The minimum absolute atomic E-state index is 0.306. The fraction of sp³-hybridized carbons (Fsp3) is 0.688. The summed E-state index contributed by atoms with van der Waals surface area (Å²) in [6.45, 7) is 10.4. The summed E-state index contributed by atoms with van der Waals surface area (Å²) < 4.78 is 12.4. The van der Waals surface area contributed by atoms with Crippen molar-refractivity contribution < 1.29 is 9.31 Å². The van der Waals surface area contributed by atoms with E-state index < -0.39 is 0 Å². The lowest BCUT2D eigenvalue weighted by atomic mass is 9.71. The number of aromatic nitrogens is 1. The van der Waals surface area contributed by atoms with Crippen LogP contribution in [-0.2, 0) is 9.31 Å². The quantitative estimate of drug-likeness (QED) is 0.776. The van der Waals surface area contributed by atoms with Crippen LogP contribution in [0.15, 0.2) is 12.1 Å². The first kappa shape index (κ1) is 14.1. The molecule has 20 heavy (non-hydrogen) atoms. The topological polar surface area (TPSA) is 31.4 Å². The predicted molar refractivity (Wildman–Crippen MR) is 81.3 cm³/mol. The molecular weight excluding hydrogens is 249 g/mol. The first-order valence-electron chi connectivity index (χ1n) is 7.63. The Hall–Kier alpha value is -0.865. The van der Waals surface area contributed by atoms with Gasteiger partial charge >= 0.3 is 7.12 Å². The maximum Gasteiger partial charge on any atom is 0.514 e. The van der Waals surface area contributed by atoms with Crippen molar-refractivity contribution in [2.45, 2.75) is 71.0 Å². The van der Waals surface area contributed by atoms with E-state index in [1.165, 1.54) is 24.8 Å². The van der Waals surface area contributed by atoms with Crippen LogP contribution in [0.1, 0.15) is 64.1 Å². The number of aryl methyl sites for hydroxylation is 1. The summed E-state index contributed by atoms with van der Waals surface area (Å²) in [7, 11) is -0.338. The molecule has 1 saturated carbocycles. The van der Waals surface area contributed by atoms with Gasteiger partial charge in [0.05, 0.1) is 16.8 Å². The molecule has 2 heterocycles. The van der Waals surface area contributed by atoms with Crippen LogP contribution in [0.4, 0.5) is 0 Å². The summed E-state index contributed by atoms with van der Waals surface area (Å²) in [5.74, 6) is 0.636. The van der Waals surface area contributed by atoms with E-state index in [9.17, 15) is 0 Å². The zero-order valence-corrected chi connectivity index (χ0v) is 13.2. The second kappa shape index (κ2) is 4.57. The van der Waals surface area contributed by atoms with E-state index in [1.54, 1.807) is 0 Å². The average Bonchev–Trinajstić information content (AvgIpc) is 2.48. The van der Waals surface area contributed by atoms with E-state index in [-0.39, 0.29) is 18.3 Å². The Kier molecular flexibility index (Phi) is 3.22. The van der Waals surface area contributed by atoms with Crippen LogP contribution in [0.2, 0.25) is 0 Å². The maximum atomic E-state index is 6.18. The number of hydrogen-bond acceptors (Lipinski definition) is 3. The van der Waals surface area contributed by atoms with Crippen molar-refractivity contribution in [2.75, 3.05) is 0 Å². The first-order valence-corrected chi connectivity index (χ1v) is 7.63. The summed E-state index contributed by atoms with van der Waals surface area (Å²) in [6.07, 6.45) is 3.84. The Morgan fingerprint density at radius 3 is 2.20 bits per heavy atom. The van der Waals surface area contributed by atoms with Crippen molar-refractivity contribution in [1.29, 1.82) is 0 Å². The first-order chi connectivity index (χ1) is 9.30. The third-order valence-corrected chi connectivity index (χ3v) is 5.12. The van der Waals surface area contributed by atoms with Gasteiger partial charge in [-0.3, -0.25) is 4.98 Å². The van der Waals surface area contributed by atoms with Gasteiger partial charge in [0.15, 0.2) is 0 Å². The Balaban J connectivity index is 1.96. The van der Waals surface area contributed by atoms with Gasteiger partial charge in [-0.05, 0) is 65.0 Å². The summed E-state index contributed by atoms with van der Waals surface area (Å²) in [5.41, 5.74) is 2.73. The number of pyridine rings is 1. The fourth-order valence-electron chi connectivity index (χ4n) is 2.80. The van der Waals surface area contributed by atoms with E-state index in [2.05, 4.69) is 39.8 Å². The number of rotatable bonds is 2. The van der Waals surface area contributed by atoms with Crippen molar-refractivity contribution in [3.05, 3.63) is 23.4 Å². The molecule has 108 valence electrons. The molecule has 1 aliphatic heterocycles. The molecule has 0 radical (unpaired) electrons. The highest BCUT2D eigenvalue weighted by molar-refractivity contribution is 6.61. The second-order valence-electron chi connectivity index (χ2n) is 7.14. The Morgan fingerprint density at radius 2 is 1.70 bits per heavy atom. The van der Waals surface area contributed by atoms with Gasteiger partial charge in [-0.15, -0.1) is 0 Å². The molecule has 1 aromatic heterocycles. The standard InChI is InChI=1S/C16H24BNO2/c1-11-9-10-13(12-7-6-8-12)14(18-11)17-19-15(2,3)16(4,5)20-17/h9-10,12H,6-8H2,1-5H3. The van der Waals surface area contributed by atoms with Crippen LogP contribution in [0.3, 0.4) is 0 Å². The van der Waals surface area contributed by atoms with Gasteiger partial charge < -0.3 is 9.31 Å². The second-order valence-corrected chi connectivity index (χ2v) is 7.14. The van der Waals surface area contributed by atoms with Gasteiger partial charge in [0.25, 0.3) is 0 Å². The lowest BCUT2D eigenvalue weighted by molar-refractivity contribution is 0.00578. The fourth-order valence-corrected chi connectivity index (χ4v) is 2.80. The smallest absolute Gasteiger partial charge is 0.398 e. The largest absolute Gasteiger partial charge is 0.514 e. The van der Waals surface area contributed by atoms with E-state index >= 15 is 0 Å². The lowest BCUT2D eigenvalue weighted by Crippen LogP contribution is -2.41. The summed E-state index contributed by atoms with van der Waals surface area (Å²) >= 11 is 0. The van der Waals surface area contributed by atoms with Crippen LogP contribution >= 0.6 is 0 Å². The Morgan fingerprint density at radius 1 is 1.10 bits per heavy atom. The molecule has 0 unspecified atom stereocenters. The zero-order chi connectivity index (χ0) is 14.5.